The quantitative estimate of drug-likeness (QED) is 0.844. The molecule has 5 heteroatoms. The minimum absolute atomic E-state index is 0.0517. The van der Waals surface area contributed by atoms with Crippen LogP contribution in [-0.4, -0.2) is 36.1 Å². The molecule has 5 nitrogen and oxygen atoms in total. The SMILES string of the molecule is Cc1ccc(C[C@H](OC(=O)[C@H]2CCCN(C(N)=O)C2)C2CC2)cc1. The zero-order chi connectivity index (χ0) is 17.1. The highest BCUT2D eigenvalue weighted by atomic mass is 16.5. The highest BCUT2D eigenvalue weighted by Gasteiger charge is 2.36. The van der Waals surface area contributed by atoms with Crippen LogP contribution in [0.1, 0.15) is 36.8 Å². The normalized spacial score (nSPS) is 22.0. The van der Waals surface area contributed by atoms with Gasteiger partial charge in [0.25, 0.3) is 0 Å². The molecule has 1 aromatic rings. The van der Waals surface area contributed by atoms with Crippen molar-refractivity contribution in [1.82, 2.24) is 4.90 Å². The average molecular weight is 330 g/mol. The number of benzene rings is 1. The molecule has 2 aliphatic rings. The van der Waals surface area contributed by atoms with Crippen LogP contribution in [0.5, 0.6) is 0 Å². The third-order valence-corrected chi connectivity index (χ3v) is 5.04. The van der Waals surface area contributed by atoms with Gasteiger partial charge in [0.15, 0.2) is 0 Å². The van der Waals surface area contributed by atoms with Crippen molar-refractivity contribution in [2.75, 3.05) is 13.1 Å². The predicted molar refractivity (Wildman–Crippen MR) is 91.4 cm³/mol. The number of hydrogen-bond donors (Lipinski definition) is 1. The van der Waals surface area contributed by atoms with Gasteiger partial charge in [0, 0.05) is 19.5 Å². The predicted octanol–water partition coefficient (Wildman–Crippen LogP) is 2.65. The Morgan fingerprint density at radius 2 is 1.96 bits per heavy atom. The first-order chi connectivity index (χ1) is 11.5. The Kier molecular flexibility index (Phi) is 5.07. The first kappa shape index (κ1) is 16.8. The molecule has 3 rings (SSSR count). The molecule has 0 bridgehead atoms. The van der Waals surface area contributed by atoms with Crippen molar-refractivity contribution in [2.24, 2.45) is 17.6 Å². The van der Waals surface area contributed by atoms with E-state index in [0.29, 0.717) is 19.0 Å². The number of rotatable bonds is 5. The van der Waals surface area contributed by atoms with Gasteiger partial charge in [-0.1, -0.05) is 29.8 Å². The highest BCUT2D eigenvalue weighted by Crippen LogP contribution is 2.36. The first-order valence-electron chi connectivity index (χ1n) is 8.83. The number of aryl methyl sites for hydroxylation is 1. The van der Waals surface area contributed by atoms with E-state index < -0.39 is 6.03 Å². The second-order valence-corrected chi connectivity index (χ2v) is 7.13. The fraction of sp³-hybridized carbons (Fsp3) is 0.579. The van der Waals surface area contributed by atoms with Crippen molar-refractivity contribution in [1.29, 1.82) is 0 Å². The fourth-order valence-corrected chi connectivity index (χ4v) is 3.34. The van der Waals surface area contributed by atoms with E-state index >= 15 is 0 Å². The second kappa shape index (κ2) is 7.24. The molecule has 1 aliphatic heterocycles. The zero-order valence-corrected chi connectivity index (χ0v) is 14.2. The molecular formula is C19H26N2O3. The molecule has 2 amide bonds. The summed E-state index contributed by atoms with van der Waals surface area (Å²) in [5.41, 5.74) is 7.77. The van der Waals surface area contributed by atoms with Gasteiger partial charge in [-0.15, -0.1) is 0 Å². The van der Waals surface area contributed by atoms with E-state index in [4.69, 9.17) is 10.5 Å². The molecular weight excluding hydrogens is 304 g/mol. The number of piperidine rings is 1. The third-order valence-electron chi connectivity index (χ3n) is 5.04. The van der Waals surface area contributed by atoms with Crippen LogP contribution in [-0.2, 0) is 16.0 Å². The topological polar surface area (TPSA) is 72.6 Å². The maximum absolute atomic E-state index is 12.6. The lowest BCUT2D eigenvalue weighted by atomic mass is 9.98. The van der Waals surface area contributed by atoms with Crippen LogP contribution in [0.2, 0.25) is 0 Å². The summed E-state index contributed by atoms with van der Waals surface area (Å²) in [6.45, 7) is 3.08. The number of ether oxygens (including phenoxy) is 1. The molecule has 1 saturated heterocycles. The molecule has 0 unspecified atom stereocenters. The van der Waals surface area contributed by atoms with Gasteiger partial charge in [0.2, 0.25) is 0 Å². The highest BCUT2D eigenvalue weighted by molar-refractivity contribution is 5.76. The molecule has 0 radical (unpaired) electrons. The Balaban J connectivity index is 1.59. The number of nitrogens with two attached hydrogens (primary N) is 1. The van der Waals surface area contributed by atoms with Crippen LogP contribution < -0.4 is 5.73 Å². The monoisotopic (exact) mass is 330 g/mol. The third kappa shape index (κ3) is 4.28. The van der Waals surface area contributed by atoms with Gasteiger partial charge in [-0.05, 0) is 44.1 Å². The standard InChI is InChI=1S/C19H26N2O3/c1-13-4-6-14(7-5-13)11-17(15-8-9-15)24-18(22)16-3-2-10-21(12-16)19(20)23/h4-7,15-17H,2-3,8-12H2,1H3,(H2,20,23)/t16-,17-/m0/s1. The first-order valence-corrected chi connectivity index (χ1v) is 8.83. The van der Waals surface area contributed by atoms with Crippen LogP contribution in [0.4, 0.5) is 4.79 Å². The number of carbonyl (C=O) groups excluding carboxylic acids is 2. The number of urea groups is 1. The minimum Gasteiger partial charge on any atom is -0.461 e. The lowest BCUT2D eigenvalue weighted by Crippen LogP contribution is -2.45. The van der Waals surface area contributed by atoms with Crippen LogP contribution in [0.25, 0.3) is 0 Å². The molecule has 1 saturated carbocycles. The van der Waals surface area contributed by atoms with E-state index in [9.17, 15) is 9.59 Å². The van der Waals surface area contributed by atoms with Gasteiger partial charge >= 0.3 is 12.0 Å². The van der Waals surface area contributed by atoms with Gasteiger partial charge in [0.05, 0.1) is 5.92 Å². The van der Waals surface area contributed by atoms with E-state index in [1.54, 1.807) is 4.90 Å². The van der Waals surface area contributed by atoms with Gasteiger partial charge in [-0.3, -0.25) is 4.79 Å². The lowest BCUT2D eigenvalue weighted by Gasteiger charge is -2.31. The summed E-state index contributed by atoms with van der Waals surface area (Å²) in [7, 11) is 0. The van der Waals surface area contributed by atoms with Crippen LogP contribution in [0.15, 0.2) is 24.3 Å². The molecule has 2 atom stereocenters. The zero-order valence-electron chi connectivity index (χ0n) is 14.2. The maximum Gasteiger partial charge on any atom is 0.314 e. The summed E-state index contributed by atoms with van der Waals surface area (Å²) >= 11 is 0. The van der Waals surface area contributed by atoms with Gasteiger partial charge in [-0.25, -0.2) is 4.79 Å². The van der Waals surface area contributed by atoms with Crippen molar-refractivity contribution in [3.8, 4) is 0 Å². The maximum atomic E-state index is 12.6. The van der Waals surface area contributed by atoms with Crippen molar-refractivity contribution in [3.05, 3.63) is 35.4 Å². The Morgan fingerprint density at radius 3 is 2.58 bits per heavy atom. The summed E-state index contributed by atoms with van der Waals surface area (Å²) in [5.74, 6) is 0.0570. The Labute approximate surface area is 143 Å². The molecule has 24 heavy (non-hydrogen) atoms. The number of primary amides is 1. The number of nitrogens with zero attached hydrogens (tertiary/aromatic N) is 1. The summed E-state index contributed by atoms with van der Waals surface area (Å²) in [5, 5.41) is 0. The second-order valence-electron chi connectivity index (χ2n) is 7.13. The number of hydrogen-bond acceptors (Lipinski definition) is 3. The average Bonchev–Trinajstić information content (AvgIpc) is 3.41. The largest absolute Gasteiger partial charge is 0.461 e. The molecule has 0 spiro atoms. The molecule has 2 fully saturated rings. The van der Waals surface area contributed by atoms with Gasteiger partial charge in [-0.2, -0.15) is 0 Å². The minimum atomic E-state index is -0.453. The summed E-state index contributed by atoms with van der Waals surface area (Å²) in [4.78, 5) is 25.4. The Bertz CT molecular complexity index is 595. The van der Waals surface area contributed by atoms with Crippen molar-refractivity contribution in [2.45, 2.75) is 45.1 Å². The molecule has 1 aromatic carbocycles. The van der Waals surface area contributed by atoms with E-state index in [0.717, 1.165) is 32.1 Å². The Morgan fingerprint density at radius 1 is 1.25 bits per heavy atom. The number of carbonyl (C=O) groups is 2. The number of likely N-dealkylation sites (tertiary alicyclic amines) is 1. The van der Waals surface area contributed by atoms with Crippen molar-refractivity contribution < 1.29 is 14.3 Å². The fourth-order valence-electron chi connectivity index (χ4n) is 3.34. The molecule has 130 valence electrons. The van der Waals surface area contributed by atoms with Crippen molar-refractivity contribution >= 4 is 12.0 Å². The lowest BCUT2D eigenvalue weighted by molar-refractivity contribution is -0.156. The Hall–Kier alpha value is -2.04. The summed E-state index contributed by atoms with van der Waals surface area (Å²) in [6.07, 6.45) is 4.54. The summed E-state index contributed by atoms with van der Waals surface area (Å²) < 4.78 is 5.86. The van der Waals surface area contributed by atoms with Gasteiger partial charge < -0.3 is 15.4 Å². The van der Waals surface area contributed by atoms with Gasteiger partial charge in [0.1, 0.15) is 6.10 Å². The number of esters is 1. The molecule has 0 aromatic heterocycles. The number of amides is 2. The molecule has 2 N–H and O–H groups in total. The van der Waals surface area contributed by atoms with Crippen LogP contribution in [0.3, 0.4) is 0 Å². The van der Waals surface area contributed by atoms with E-state index in [1.165, 1.54) is 11.1 Å². The van der Waals surface area contributed by atoms with Crippen LogP contribution in [0, 0.1) is 18.8 Å². The molecule has 1 aliphatic carbocycles. The van der Waals surface area contributed by atoms with Crippen molar-refractivity contribution in [3.63, 3.8) is 0 Å². The summed E-state index contributed by atoms with van der Waals surface area (Å²) in [6, 6.07) is 7.94. The van der Waals surface area contributed by atoms with E-state index in [-0.39, 0.29) is 18.0 Å². The van der Waals surface area contributed by atoms with E-state index in [2.05, 4.69) is 31.2 Å². The smallest absolute Gasteiger partial charge is 0.314 e. The molecule has 1 heterocycles. The van der Waals surface area contributed by atoms with Crippen LogP contribution >= 0.6 is 0 Å². The van der Waals surface area contributed by atoms with E-state index in [1.807, 2.05) is 0 Å².